The summed E-state index contributed by atoms with van der Waals surface area (Å²) in [6.45, 7) is 12.6. The first-order valence-electron chi connectivity index (χ1n) is 5.19. The van der Waals surface area contributed by atoms with Crippen molar-refractivity contribution in [1.82, 2.24) is 5.43 Å². The SMILES string of the molecule is C=N/N=C(\NN)C(C)(C)CC(C)(C)C(C)=O. The second kappa shape index (κ2) is 5.21. The highest BCUT2D eigenvalue weighted by molar-refractivity contribution is 5.88. The lowest BCUT2D eigenvalue weighted by Gasteiger charge is -2.33. The Bertz CT molecular complexity index is 305. The van der Waals surface area contributed by atoms with Crippen LogP contribution < -0.4 is 11.3 Å². The molecule has 16 heavy (non-hydrogen) atoms. The lowest BCUT2D eigenvalue weighted by atomic mass is 9.72. The molecule has 0 aliphatic rings. The molecule has 0 atom stereocenters. The maximum Gasteiger partial charge on any atom is 0.144 e. The molecule has 0 spiro atoms. The molecule has 0 aromatic rings. The molecule has 3 N–H and O–H groups in total. The van der Waals surface area contributed by atoms with E-state index < -0.39 is 5.41 Å². The number of carbonyl (C=O) groups is 1. The molecule has 0 saturated heterocycles. The van der Waals surface area contributed by atoms with Gasteiger partial charge >= 0.3 is 0 Å². The van der Waals surface area contributed by atoms with Crippen molar-refractivity contribution < 1.29 is 4.79 Å². The molecule has 0 aliphatic carbocycles. The number of hydrazine groups is 1. The normalized spacial score (nSPS) is 13.5. The van der Waals surface area contributed by atoms with Gasteiger partial charge in [0.05, 0.1) is 0 Å². The number of hydrogen-bond donors (Lipinski definition) is 2. The van der Waals surface area contributed by atoms with Crippen molar-refractivity contribution in [2.24, 2.45) is 26.9 Å². The van der Waals surface area contributed by atoms with Crippen molar-refractivity contribution in [1.29, 1.82) is 0 Å². The second-order valence-corrected chi connectivity index (χ2v) is 5.24. The molecule has 0 radical (unpaired) electrons. The summed E-state index contributed by atoms with van der Waals surface area (Å²) >= 11 is 0. The van der Waals surface area contributed by atoms with Gasteiger partial charge in [0.15, 0.2) is 0 Å². The molecule has 0 rings (SSSR count). The molecule has 0 aromatic carbocycles. The van der Waals surface area contributed by atoms with E-state index in [2.05, 4.69) is 22.3 Å². The van der Waals surface area contributed by atoms with Gasteiger partial charge in [0.25, 0.3) is 0 Å². The van der Waals surface area contributed by atoms with Crippen molar-refractivity contribution in [2.45, 2.75) is 41.0 Å². The smallest absolute Gasteiger partial charge is 0.144 e. The average Bonchev–Trinajstić information content (AvgIpc) is 2.11. The Morgan fingerprint density at radius 1 is 1.31 bits per heavy atom. The Morgan fingerprint density at radius 2 is 1.81 bits per heavy atom. The first kappa shape index (κ1) is 14.8. The van der Waals surface area contributed by atoms with E-state index in [1.807, 2.05) is 27.7 Å². The van der Waals surface area contributed by atoms with Crippen LogP contribution in [0.25, 0.3) is 0 Å². The van der Waals surface area contributed by atoms with Crippen LogP contribution in [0.3, 0.4) is 0 Å². The largest absolute Gasteiger partial charge is 0.310 e. The first-order valence-corrected chi connectivity index (χ1v) is 5.19. The molecule has 5 heteroatoms. The number of nitrogens with zero attached hydrogens (tertiary/aromatic N) is 2. The van der Waals surface area contributed by atoms with Gasteiger partial charge in [-0.15, -0.1) is 5.10 Å². The summed E-state index contributed by atoms with van der Waals surface area (Å²) in [6, 6.07) is 0. The molecular weight excluding hydrogens is 204 g/mol. The molecule has 0 unspecified atom stereocenters. The Hall–Kier alpha value is -1.23. The van der Waals surface area contributed by atoms with E-state index >= 15 is 0 Å². The van der Waals surface area contributed by atoms with Gasteiger partial charge in [-0.05, 0) is 13.3 Å². The summed E-state index contributed by atoms with van der Waals surface area (Å²) in [5.41, 5.74) is 1.74. The summed E-state index contributed by atoms with van der Waals surface area (Å²) in [6.07, 6.45) is 0.633. The molecule has 0 bridgehead atoms. The molecule has 0 fully saturated rings. The molecule has 0 saturated carbocycles. The van der Waals surface area contributed by atoms with E-state index in [4.69, 9.17) is 5.84 Å². The fourth-order valence-corrected chi connectivity index (χ4v) is 1.74. The predicted molar refractivity (Wildman–Crippen MR) is 67.2 cm³/mol. The summed E-state index contributed by atoms with van der Waals surface area (Å²) < 4.78 is 0. The van der Waals surface area contributed by atoms with Gasteiger partial charge < -0.3 is 5.43 Å². The minimum absolute atomic E-state index is 0.142. The third-order valence-electron chi connectivity index (χ3n) is 2.79. The summed E-state index contributed by atoms with van der Waals surface area (Å²) in [5.74, 6) is 6.05. The molecule has 5 nitrogen and oxygen atoms in total. The van der Waals surface area contributed by atoms with Crippen LogP contribution in [0, 0.1) is 10.8 Å². The summed E-state index contributed by atoms with van der Waals surface area (Å²) in [7, 11) is 0. The zero-order valence-corrected chi connectivity index (χ0v) is 10.8. The molecule has 0 heterocycles. The quantitative estimate of drug-likeness (QED) is 0.322. The minimum Gasteiger partial charge on any atom is -0.310 e. The average molecular weight is 226 g/mol. The highest BCUT2D eigenvalue weighted by atomic mass is 16.1. The van der Waals surface area contributed by atoms with E-state index in [1.165, 1.54) is 0 Å². The number of amidine groups is 1. The lowest BCUT2D eigenvalue weighted by molar-refractivity contribution is -0.125. The van der Waals surface area contributed by atoms with Crippen LogP contribution in [0.5, 0.6) is 0 Å². The Kier molecular flexibility index (Phi) is 4.81. The van der Waals surface area contributed by atoms with Gasteiger partial charge in [-0.25, -0.2) is 5.84 Å². The van der Waals surface area contributed by atoms with Crippen LogP contribution in [-0.4, -0.2) is 18.3 Å². The molecule has 0 aromatic heterocycles. The number of rotatable bonds is 5. The van der Waals surface area contributed by atoms with Gasteiger partial charge in [-0.2, -0.15) is 5.10 Å². The maximum atomic E-state index is 11.5. The third-order valence-corrected chi connectivity index (χ3v) is 2.79. The van der Waals surface area contributed by atoms with Crippen molar-refractivity contribution in [3.05, 3.63) is 0 Å². The number of nitrogens with two attached hydrogens (primary N) is 1. The van der Waals surface area contributed by atoms with Crippen LogP contribution in [0.15, 0.2) is 10.2 Å². The van der Waals surface area contributed by atoms with E-state index in [1.54, 1.807) is 6.92 Å². The molecule has 0 amide bonds. The lowest BCUT2D eigenvalue weighted by Crippen LogP contribution is -2.44. The van der Waals surface area contributed by atoms with Gasteiger partial charge in [-0.1, -0.05) is 27.7 Å². The zero-order chi connectivity index (χ0) is 13.0. The Balaban J connectivity index is 5.00. The number of hydrogen-bond acceptors (Lipinski definition) is 4. The van der Waals surface area contributed by atoms with Crippen molar-refractivity contribution in [3.8, 4) is 0 Å². The topological polar surface area (TPSA) is 79.8 Å². The highest BCUT2D eigenvalue weighted by Gasteiger charge is 2.35. The van der Waals surface area contributed by atoms with Crippen LogP contribution in [-0.2, 0) is 4.79 Å². The standard InChI is InChI=1S/C11H22N4O/c1-8(16)10(2,3)7-11(4,5)9(14-12)15-13-6/h6-7,12H2,1-5H3,(H,14,15). The Morgan fingerprint density at radius 3 is 2.12 bits per heavy atom. The first-order chi connectivity index (χ1) is 7.17. The number of carbonyl (C=O) groups excluding carboxylic acids is 1. The molecule has 92 valence electrons. The fraction of sp³-hybridized carbons (Fsp3) is 0.727. The van der Waals surface area contributed by atoms with Crippen LogP contribution in [0.4, 0.5) is 0 Å². The van der Waals surface area contributed by atoms with E-state index in [9.17, 15) is 4.79 Å². The highest BCUT2D eigenvalue weighted by Crippen LogP contribution is 2.34. The Labute approximate surface area is 97.2 Å². The van der Waals surface area contributed by atoms with E-state index in [0.717, 1.165) is 0 Å². The number of ketones is 1. The monoisotopic (exact) mass is 226 g/mol. The van der Waals surface area contributed by atoms with Gasteiger partial charge in [-0.3, -0.25) is 4.79 Å². The maximum absolute atomic E-state index is 11.5. The van der Waals surface area contributed by atoms with Gasteiger partial charge in [0.1, 0.15) is 11.6 Å². The number of nitrogens with one attached hydrogen (secondary N) is 1. The van der Waals surface area contributed by atoms with Crippen molar-refractivity contribution in [3.63, 3.8) is 0 Å². The van der Waals surface area contributed by atoms with Crippen molar-refractivity contribution >= 4 is 18.3 Å². The third kappa shape index (κ3) is 3.73. The minimum atomic E-state index is -0.414. The molecular formula is C11H22N4O. The number of Topliss-reactive ketones (excluding diaryl/α,β-unsaturated/α-hetero) is 1. The van der Waals surface area contributed by atoms with Gasteiger partial charge in [0.2, 0.25) is 0 Å². The predicted octanol–water partition coefficient (Wildman–Crippen LogP) is 1.50. The fourth-order valence-electron chi connectivity index (χ4n) is 1.74. The summed E-state index contributed by atoms with van der Waals surface area (Å²) in [4.78, 5) is 11.5. The van der Waals surface area contributed by atoms with Crippen LogP contribution in [0.1, 0.15) is 41.0 Å². The van der Waals surface area contributed by atoms with Crippen LogP contribution in [0.2, 0.25) is 0 Å². The van der Waals surface area contributed by atoms with Crippen LogP contribution >= 0.6 is 0 Å². The second-order valence-electron chi connectivity index (χ2n) is 5.24. The summed E-state index contributed by atoms with van der Waals surface area (Å²) in [5, 5.41) is 7.30. The van der Waals surface area contributed by atoms with E-state index in [0.29, 0.717) is 12.3 Å². The van der Waals surface area contributed by atoms with E-state index in [-0.39, 0.29) is 11.2 Å². The molecule has 0 aliphatic heterocycles. The van der Waals surface area contributed by atoms with Gasteiger partial charge in [0, 0.05) is 17.5 Å². The zero-order valence-electron chi connectivity index (χ0n) is 10.8. The van der Waals surface area contributed by atoms with Crippen molar-refractivity contribution in [2.75, 3.05) is 0 Å².